The van der Waals surface area contributed by atoms with Gasteiger partial charge in [0.25, 0.3) is 0 Å². The molecule has 0 aliphatic heterocycles. The summed E-state index contributed by atoms with van der Waals surface area (Å²) in [5.41, 5.74) is 2.96. The Kier molecular flexibility index (Phi) is 2.69. The first kappa shape index (κ1) is 10.6. The summed E-state index contributed by atoms with van der Waals surface area (Å²) < 4.78 is 49.4. The molecule has 0 spiro atoms. The van der Waals surface area contributed by atoms with E-state index in [-0.39, 0.29) is 3.57 Å². The number of rotatable bonds is 0. The maximum atomic E-state index is 12.7. The second kappa shape index (κ2) is 3.32. The molecular formula is C7H4F4IN. The van der Waals surface area contributed by atoms with Gasteiger partial charge in [-0.3, -0.25) is 0 Å². The molecular weight excluding hydrogens is 301 g/mol. The van der Waals surface area contributed by atoms with Crippen LogP contribution < -0.4 is 5.73 Å². The largest absolute Gasteiger partial charge is 0.418 e. The highest BCUT2D eigenvalue weighted by Gasteiger charge is 2.34. The third-order valence-corrected chi connectivity index (χ3v) is 2.02. The minimum atomic E-state index is -4.61. The number of hydrogen-bond acceptors (Lipinski definition) is 1. The molecule has 0 bridgehead atoms. The van der Waals surface area contributed by atoms with E-state index in [1.54, 1.807) is 22.6 Å². The molecule has 0 saturated carbocycles. The molecule has 0 radical (unpaired) electrons. The highest BCUT2D eigenvalue weighted by Crippen LogP contribution is 2.35. The average molecular weight is 305 g/mol. The van der Waals surface area contributed by atoms with Gasteiger partial charge in [0.1, 0.15) is 5.82 Å². The number of hydrogen-bond donors (Lipinski definition) is 1. The van der Waals surface area contributed by atoms with Crippen LogP contribution >= 0.6 is 22.6 Å². The van der Waals surface area contributed by atoms with Crippen molar-refractivity contribution >= 4 is 28.3 Å². The predicted molar refractivity (Wildman–Crippen MR) is 48.5 cm³/mol. The number of halogens is 5. The number of nitrogens with two attached hydrogens (primary N) is 1. The summed E-state index contributed by atoms with van der Waals surface area (Å²) in [6.07, 6.45) is -4.61. The van der Waals surface area contributed by atoms with Crippen LogP contribution in [0.15, 0.2) is 12.1 Å². The maximum Gasteiger partial charge on any atom is 0.418 e. The smallest absolute Gasteiger partial charge is 0.396 e. The lowest BCUT2D eigenvalue weighted by atomic mass is 10.1. The summed E-state index contributed by atoms with van der Waals surface area (Å²) in [5.74, 6) is -1.04. The van der Waals surface area contributed by atoms with Crippen LogP contribution in [-0.2, 0) is 6.18 Å². The van der Waals surface area contributed by atoms with Crippen molar-refractivity contribution < 1.29 is 17.6 Å². The fraction of sp³-hybridized carbons (Fsp3) is 0.143. The summed E-state index contributed by atoms with van der Waals surface area (Å²) in [6.45, 7) is 0. The molecule has 0 unspecified atom stereocenters. The molecule has 1 aromatic carbocycles. The van der Waals surface area contributed by atoms with E-state index in [0.29, 0.717) is 0 Å². The van der Waals surface area contributed by atoms with E-state index in [0.717, 1.165) is 12.1 Å². The van der Waals surface area contributed by atoms with Crippen molar-refractivity contribution in [2.24, 2.45) is 0 Å². The molecule has 0 aliphatic carbocycles. The highest BCUT2D eigenvalue weighted by atomic mass is 127. The Morgan fingerprint density at radius 3 is 2.23 bits per heavy atom. The molecule has 0 fully saturated rings. The molecule has 0 aliphatic rings. The van der Waals surface area contributed by atoms with Crippen LogP contribution in [0.3, 0.4) is 0 Å². The second-order valence-corrected chi connectivity index (χ2v) is 3.59. The Labute approximate surface area is 85.1 Å². The van der Waals surface area contributed by atoms with Crippen molar-refractivity contribution in [3.63, 3.8) is 0 Å². The maximum absolute atomic E-state index is 12.7. The quantitative estimate of drug-likeness (QED) is 0.445. The van der Waals surface area contributed by atoms with Gasteiger partial charge < -0.3 is 5.73 Å². The van der Waals surface area contributed by atoms with Crippen molar-refractivity contribution in [1.29, 1.82) is 0 Å². The van der Waals surface area contributed by atoms with Gasteiger partial charge in [0.15, 0.2) is 0 Å². The summed E-state index contributed by atoms with van der Waals surface area (Å²) >= 11 is 1.59. The summed E-state index contributed by atoms with van der Waals surface area (Å²) in [6, 6.07) is 1.75. The van der Waals surface area contributed by atoms with Crippen LogP contribution in [0.1, 0.15) is 5.56 Å². The molecule has 72 valence electrons. The van der Waals surface area contributed by atoms with E-state index >= 15 is 0 Å². The van der Waals surface area contributed by atoms with Crippen LogP contribution in [0, 0.1) is 9.39 Å². The lowest BCUT2D eigenvalue weighted by Gasteiger charge is -2.10. The molecule has 13 heavy (non-hydrogen) atoms. The molecule has 6 heteroatoms. The van der Waals surface area contributed by atoms with Crippen molar-refractivity contribution in [2.75, 3.05) is 5.73 Å². The molecule has 2 N–H and O–H groups in total. The number of nitrogen functional groups attached to an aromatic ring is 1. The lowest BCUT2D eigenvalue weighted by molar-refractivity contribution is -0.137. The Bertz CT molecular complexity index is 334. The lowest BCUT2D eigenvalue weighted by Crippen LogP contribution is -2.10. The molecule has 1 nitrogen and oxygen atoms in total. The van der Waals surface area contributed by atoms with Crippen LogP contribution in [0.2, 0.25) is 0 Å². The van der Waals surface area contributed by atoms with Gasteiger partial charge in [0, 0.05) is 3.57 Å². The third-order valence-electron chi connectivity index (χ3n) is 1.40. The minimum absolute atomic E-state index is 0.164. The van der Waals surface area contributed by atoms with Crippen LogP contribution in [-0.4, -0.2) is 0 Å². The van der Waals surface area contributed by atoms with Gasteiger partial charge in [0.2, 0.25) is 0 Å². The van der Waals surface area contributed by atoms with Crippen molar-refractivity contribution in [2.45, 2.75) is 6.18 Å². The van der Waals surface area contributed by atoms with E-state index in [9.17, 15) is 17.6 Å². The molecule has 1 aromatic rings. The third kappa shape index (κ3) is 2.23. The topological polar surface area (TPSA) is 26.0 Å². The van der Waals surface area contributed by atoms with Gasteiger partial charge in [-0.2, -0.15) is 13.2 Å². The zero-order valence-corrected chi connectivity index (χ0v) is 8.28. The molecule has 0 aromatic heterocycles. The van der Waals surface area contributed by atoms with E-state index in [4.69, 9.17) is 5.73 Å². The number of alkyl halides is 3. The van der Waals surface area contributed by atoms with Gasteiger partial charge >= 0.3 is 6.18 Å². The first-order valence-electron chi connectivity index (χ1n) is 3.14. The van der Waals surface area contributed by atoms with Gasteiger partial charge in [-0.15, -0.1) is 0 Å². The van der Waals surface area contributed by atoms with Crippen molar-refractivity contribution in [1.82, 2.24) is 0 Å². The van der Waals surface area contributed by atoms with Crippen LogP contribution in [0.5, 0.6) is 0 Å². The Hall–Kier alpha value is -0.530. The number of anilines is 1. The predicted octanol–water partition coefficient (Wildman–Crippen LogP) is 3.03. The molecule has 1 rings (SSSR count). The van der Waals surface area contributed by atoms with Gasteiger partial charge in [-0.1, -0.05) is 0 Å². The first-order chi connectivity index (χ1) is 5.82. The standard InChI is InChI=1S/C7H4F4IN/c8-5-2-3(12)1-4(6(5)13)7(9,10)11/h1-2H,13H2. The zero-order chi connectivity index (χ0) is 10.2. The van der Waals surface area contributed by atoms with Gasteiger partial charge in [-0.05, 0) is 34.7 Å². The second-order valence-electron chi connectivity index (χ2n) is 2.35. The van der Waals surface area contributed by atoms with E-state index in [1.807, 2.05) is 0 Å². The van der Waals surface area contributed by atoms with Crippen LogP contribution in [0.25, 0.3) is 0 Å². The SMILES string of the molecule is Nc1c(F)cc(I)cc1C(F)(F)F. The molecule has 0 atom stereocenters. The summed E-state index contributed by atoms with van der Waals surface area (Å²) in [7, 11) is 0. The fourth-order valence-corrected chi connectivity index (χ4v) is 1.40. The molecule has 0 amide bonds. The Balaban J connectivity index is 3.37. The molecule has 0 heterocycles. The molecule has 0 saturated heterocycles. The van der Waals surface area contributed by atoms with Gasteiger partial charge in [0.05, 0.1) is 11.3 Å². The summed E-state index contributed by atoms with van der Waals surface area (Å²) in [5, 5.41) is 0. The first-order valence-corrected chi connectivity index (χ1v) is 4.22. The normalized spacial score (nSPS) is 11.8. The van der Waals surface area contributed by atoms with Gasteiger partial charge in [-0.25, -0.2) is 4.39 Å². The average Bonchev–Trinajstić information content (AvgIpc) is 1.94. The highest BCUT2D eigenvalue weighted by molar-refractivity contribution is 14.1. The van der Waals surface area contributed by atoms with E-state index < -0.39 is 23.2 Å². The van der Waals surface area contributed by atoms with E-state index in [1.165, 1.54) is 0 Å². The minimum Gasteiger partial charge on any atom is -0.396 e. The van der Waals surface area contributed by atoms with Crippen LogP contribution in [0.4, 0.5) is 23.2 Å². The monoisotopic (exact) mass is 305 g/mol. The fourth-order valence-electron chi connectivity index (χ4n) is 0.819. The van der Waals surface area contributed by atoms with E-state index in [2.05, 4.69) is 0 Å². The zero-order valence-electron chi connectivity index (χ0n) is 6.12. The Morgan fingerprint density at radius 1 is 1.23 bits per heavy atom. The van der Waals surface area contributed by atoms with Crippen molar-refractivity contribution in [3.05, 3.63) is 27.1 Å². The Morgan fingerprint density at radius 2 is 1.77 bits per heavy atom. The summed E-state index contributed by atoms with van der Waals surface area (Å²) in [4.78, 5) is 0. The number of benzene rings is 1. The van der Waals surface area contributed by atoms with Crippen molar-refractivity contribution in [3.8, 4) is 0 Å².